The Kier molecular flexibility index (Phi) is 4.09. The third kappa shape index (κ3) is 2.88. The molecule has 1 fully saturated rings. The van der Waals surface area contributed by atoms with Crippen molar-refractivity contribution >= 4 is 0 Å². The summed E-state index contributed by atoms with van der Waals surface area (Å²) in [4.78, 5) is 2.71. The lowest BCUT2D eigenvalue weighted by Crippen LogP contribution is -2.45. The van der Waals surface area contributed by atoms with Gasteiger partial charge in [0.25, 0.3) is 0 Å². The summed E-state index contributed by atoms with van der Waals surface area (Å²) in [6.07, 6.45) is 5.10. The van der Waals surface area contributed by atoms with Crippen LogP contribution in [-0.4, -0.2) is 24.6 Å². The van der Waals surface area contributed by atoms with Gasteiger partial charge in [0.2, 0.25) is 0 Å². The fourth-order valence-electron chi connectivity index (χ4n) is 4.46. The zero-order chi connectivity index (χ0) is 15.6. The molecule has 2 heteroatoms. The van der Waals surface area contributed by atoms with Gasteiger partial charge in [0.05, 0.1) is 7.11 Å². The van der Waals surface area contributed by atoms with Gasteiger partial charge in [-0.25, -0.2) is 0 Å². The molecule has 0 radical (unpaired) electrons. The number of hydrogen-bond donors (Lipinski definition) is 0. The van der Waals surface area contributed by atoms with Gasteiger partial charge in [0.1, 0.15) is 5.75 Å². The van der Waals surface area contributed by atoms with E-state index in [1.165, 1.54) is 43.4 Å². The van der Waals surface area contributed by atoms with E-state index in [1.807, 2.05) is 0 Å². The topological polar surface area (TPSA) is 12.5 Å². The molecule has 1 aliphatic heterocycles. The molecule has 1 aliphatic carbocycles. The normalized spacial score (nSPS) is 23.9. The molecule has 120 valence electrons. The Labute approximate surface area is 139 Å². The Balaban J connectivity index is 1.60. The molecule has 2 aliphatic rings. The van der Waals surface area contributed by atoms with Crippen molar-refractivity contribution < 1.29 is 4.74 Å². The lowest BCUT2D eigenvalue weighted by Gasteiger charge is -2.45. The van der Waals surface area contributed by atoms with E-state index in [2.05, 4.69) is 53.4 Å². The first-order valence-corrected chi connectivity index (χ1v) is 8.80. The molecule has 2 atom stereocenters. The Morgan fingerprint density at radius 2 is 1.96 bits per heavy atom. The molecule has 0 spiro atoms. The molecule has 2 aromatic rings. The number of benzene rings is 2. The Morgan fingerprint density at radius 1 is 1.09 bits per heavy atom. The second kappa shape index (κ2) is 6.37. The van der Waals surface area contributed by atoms with Crippen molar-refractivity contribution in [2.45, 2.75) is 44.2 Å². The Morgan fingerprint density at radius 3 is 2.78 bits per heavy atom. The van der Waals surface area contributed by atoms with Gasteiger partial charge in [-0.15, -0.1) is 0 Å². The van der Waals surface area contributed by atoms with Gasteiger partial charge in [-0.1, -0.05) is 36.4 Å². The van der Waals surface area contributed by atoms with Crippen molar-refractivity contribution in [2.75, 3.05) is 13.7 Å². The van der Waals surface area contributed by atoms with Crippen molar-refractivity contribution in [3.05, 3.63) is 65.2 Å². The van der Waals surface area contributed by atoms with Gasteiger partial charge in [-0.2, -0.15) is 0 Å². The van der Waals surface area contributed by atoms with Crippen molar-refractivity contribution in [1.29, 1.82) is 0 Å². The minimum Gasteiger partial charge on any atom is -0.497 e. The smallest absolute Gasteiger partial charge is 0.119 e. The van der Waals surface area contributed by atoms with Crippen LogP contribution in [0.2, 0.25) is 0 Å². The molecule has 23 heavy (non-hydrogen) atoms. The molecule has 1 heterocycles. The maximum Gasteiger partial charge on any atom is 0.119 e. The lowest BCUT2D eigenvalue weighted by atomic mass is 9.74. The maximum absolute atomic E-state index is 5.47. The van der Waals surface area contributed by atoms with E-state index in [0.717, 1.165) is 12.3 Å². The molecular formula is C21H25NO. The molecule has 0 amide bonds. The highest BCUT2D eigenvalue weighted by Crippen LogP contribution is 2.42. The number of hydrogen-bond acceptors (Lipinski definition) is 2. The summed E-state index contributed by atoms with van der Waals surface area (Å²) in [5.41, 5.74) is 4.51. The van der Waals surface area contributed by atoms with Crippen molar-refractivity contribution in [1.82, 2.24) is 4.90 Å². The number of nitrogens with zero attached hydrogens (tertiary/aromatic N) is 1. The van der Waals surface area contributed by atoms with Crippen molar-refractivity contribution in [2.24, 2.45) is 0 Å². The largest absolute Gasteiger partial charge is 0.497 e. The van der Waals surface area contributed by atoms with Crippen LogP contribution in [0, 0.1) is 0 Å². The highest BCUT2D eigenvalue weighted by atomic mass is 16.5. The molecule has 0 saturated carbocycles. The third-order valence-electron chi connectivity index (χ3n) is 5.58. The molecule has 4 rings (SSSR count). The minimum absolute atomic E-state index is 0.673. The first-order chi connectivity index (χ1) is 11.3. The maximum atomic E-state index is 5.47. The number of ether oxygens (including phenoxy) is 1. The predicted octanol–water partition coefficient (Wildman–Crippen LogP) is 4.39. The summed E-state index contributed by atoms with van der Waals surface area (Å²) in [7, 11) is 1.77. The minimum atomic E-state index is 0.673. The van der Waals surface area contributed by atoms with Crippen LogP contribution in [0.1, 0.15) is 41.9 Å². The van der Waals surface area contributed by atoms with E-state index in [-0.39, 0.29) is 0 Å². The molecule has 1 saturated heterocycles. The standard InChI is InChI=1S/C21H25NO/c1-23-18-11-9-17-10-12-21-19(20(17)14-18)8-5-13-22(21)15-16-6-3-2-4-7-16/h2-4,6-7,9,11,14,19,21H,5,8,10,12-13,15H2,1H3/t19-,21-/m1/s1. The lowest BCUT2D eigenvalue weighted by molar-refractivity contribution is 0.105. The molecular weight excluding hydrogens is 282 g/mol. The summed E-state index contributed by atoms with van der Waals surface area (Å²) in [5.74, 6) is 1.68. The van der Waals surface area contributed by atoms with Crippen molar-refractivity contribution in [3.63, 3.8) is 0 Å². The van der Waals surface area contributed by atoms with Crippen LogP contribution in [0.15, 0.2) is 48.5 Å². The van der Waals surface area contributed by atoms with Gasteiger partial charge in [-0.3, -0.25) is 4.90 Å². The Hall–Kier alpha value is -1.80. The fraction of sp³-hybridized carbons (Fsp3) is 0.429. The van der Waals surface area contributed by atoms with E-state index in [4.69, 9.17) is 4.74 Å². The van der Waals surface area contributed by atoms with Gasteiger partial charge in [-0.05, 0) is 67.0 Å². The number of likely N-dealkylation sites (tertiary alicyclic amines) is 1. The van der Waals surface area contributed by atoms with Crippen LogP contribution in [0.5, 0.6) is 5.75 Å². The van der Waals surface area contributed by atoms with Crippen LogP contribution >= 0.6 is 0 Å². The van der Waals surface area contributed by atoms with E-state index in [9.17, 15) is 0 Å². The number of methoxy groups -OCH3 is 1. The number of fused-ring (bicyclic) bond motifs is 3. The highest BCUT2D eigenvalue weighted by molar-refractivity contribution is 5.41. The predicted molar refractivity (Wildman–Crippen MR) is 93.9 cm³/mol. The second-order valence-electron chi connectivity index (χ2n) is 6.88. The highest BCUT2D eigenvalue weighted by Gasteiger charge is 2.36. The van der Waals surface area contributed by atoms with Crippen LogP contribution in [0.3, 0.4) is 0 Å². The molecule has 0 bridgehead atoms. The monoisotopic (exact) mass is 307 g/mol. The summed E-state index contributed by atoms with van der Waals surface area (Å²) in [6, 6.07) is 18.3. The van der Waals surface area contributed by atoms with Gasteiger partial charge < -0.3 is 4.74 Å². The van der Waals surface area contributed by atoms with Crippen LogP contribution in [-0.2, 0) is 13.0 Å². The molecule has 2 nitrogen and oxygen atoms in total. The average Bonchev–Trinajstić information content (AvgIpc) is 2.62. The summed E-state index contributed by atoms with van der Waals surface area (Å²) >= 11 is 0. The zero-order valence-corrected chi connectivity index (χ0v) is 13.9. The number of rotatable bonds is 3. The molecule has 0 N–H and O–H groups in total. The number of aryl methyl sites for hydroxylation is 1. The van der Waals surface area contributed by atoms with Crippen molar-refractivity contribution in [3.8, 4) is 5.75 Å². The first-order valence-electron chi connectivity index (χ1n) is 8.80. The molecule has 0 aromatic heterocycles. The van der Waals surface area contributed by atoms with Gasteiger partial charge in [0.15, 0.2) is 0 Å². The SMILES string of the molecule is COc1ccc2c(c1)[C@H]1CCCN(Cc3ccccc3)[C@@H]1CC2. The van der Waals surface area contributed by atoms with Crippen LogP contribution < -0.4 is 4.74 Å². The second-order valence-corrected chi connectivity index (χ2v) is 6.88. The van der Waals surface area contributed by atoms with Gasteiger partial charge in [0, 0.05) is 12.6 Å². The third-order valence-corrected chi connectivity index (χ3v) is 5.58. The first kappa shape index (κ1) is 14.8. The molecule has 2 aromatic carbocycles. The zero-order valence-electron chi connectivity index (χ0n) is 13.9. The van der Waals surface area contributed by atoms with E-state index < -0.39 is 0 Å². The van der Waals surface area contributed by atoms with Crippen LogP contribution in [0.4, 0.5) is 0 Å². The van der Waals surface area contributed by atoms with E-state index >= 15 is 0 Å². The van der Waals surface area contributed by atoms with E-state index in [0.29, 0.717) is 12.0 Å². The quantitative estimate of drug-likeness (QED) is 0.834. The fourth-order valence-corrected chi connectivity index (χ4v) is 4.46. The Bertz CT molecular complexity index is 667. The van der Waals surface area contributed by atoms with E-state index in [1.54, 1.807) is 12.7 Å². The molecule has 0 unspecified atom stereocenters. The number of piperidine rings is 1. The summed E-state index contributed by atoms with van der Waals surface area (Å²) < 4.78 is 5.47. The average molecular weight is 307 g/mol. The van der Waals surface area contributed by atoms with Gasteiger partial charge >= 0.3 is 0 Å². The van der Waals surface area contributed by atoms with Crippen LogP contribution in [0.25, 0.3) is 0 Å². The summed E-state index contributed by atoms with van der Waals surface area (Å²) in [6.45, 7) is 2.32. The summed E-state index contributed by atoms with van der Waals surface area (Å²) in [5, 5.41) is 0.